The van der Waals surface area contributed by atoms with Gasteiger partial charge < -0.3 is 4.57 Å². The summed E-state index contributed by atoms with van der Waals surface area (Å²) in [5.41, 5.74) is 1.12. The van der Waals surface area contributed by atoms with Gasteiger partial charge in [0.05, 0.1) is 22.9 Å². The van der Waals surface area contributed by atoms with Crippen molar-refractivity contribution >= 4 is 33.8 Å². The summed E-state index contributed by atoms with van der Waals surface area (Å²) in [5, 5.41) is 6.16. The Morgan fingerprint density at radius 1 is 1.19 bits per heavy atom. The molecule has 0 spiro atoms. The van der Waals surface area contributed by atoms with Crippen LogP contribution in [-0.4, -0.2) is 30.8 Å². The minimum Gasteiger partial charge on any atom is -0.304 e. The van der Waals surface area contributed by atoms with Gasteiger partial charge in [-0.3, -0.25) is 4.90 Å². The number of thiazole rings is 1. The van der Waals surface area contributed by atoms with Crippen LogP contribution >= 0.6 is 23.6 Å². The third kappa shape index (κ3) is 3.26. The minimum absolute atomic E-state index is 0.370. The maximum Gasteiger partial charge on any atom is 0.199 e. The Bertz CT molecular complexity index is 980. The fourth-order valence-corrected chi connectivity index (χ4v) is 5.59. The van der Waals surface area contributed by atoms with E-state index in [9.17, 15) is 0 Å². The van der Waals surface area contributed by atoms with Crippen LogP contribution in [-0.2, 0) is 13.2 Å². The van der Waals surface area contributed by atoms with Crippen LogP contribution in [0.15, 0.2) is 24.3 Å². The van der Waals surface area contributed by atoms with Crippen LogP contribution in [0.2, 0.25) is 0 Å². The molecule has 7 heteroatoms. The molecule has 27 heavy (non-hydrogen) atoms. The first-order valence-electron chi connectivity index (χ1n) is 10.0. The van der Waals surface area contributed by atoms with E-state index in [2.05, 4.69) is 45.3 Å². The van der Waals surface area contributed by atoms with E-state index in [1.807, 2.05) is 11.3 Å². The Hall–Kier alpha value is -1.57. The zero-order valence-electron chi connectivity index (χ0n) is 15.7. The third-order valence-corrected chi connectivity index (χ3v) is 7.30. The van der Waals surface area contributed by atoms with E-state index in [1.165, 1.54) is 41.2 Å². The third-order valence-electron chi connectivity index (χ3n) is 5.73. The van der Waals surface area contributed by atoms with Crippen molar-refractivity contribution in [3.05, 3.63) is 39.9 Å². The van der Waals surface area contributed by atoms with Gasteiger partial charge in [0.2, 0.25) is 0 Å². The molecule has 0 amide bonds. The van der Waals surface area contributed by atoms with Gasteiger partial charge in [-0.2, -0.15) is 5.10 Å². The monoisotopic (exact) mass is 399 g/mol. The minimum atomic E-state index is 0.370. The summed E-state index contributed by atoms with van der Waals surface area (Å²) in [6, 6.07) is 8.82. The molecule has 1 atom stereocenters. The van der Waals surface area contributed by atoms with Crippen LogP contribution in [0.4, 0.5) is 0 Å². The average molecular weight is 400 g/mol. The highest BCUT2D eigenvalue weighted by atomic mass is 32.1. The number of aromatic nitrogens is 4. The lowest BCUT2D eigenvalue weighted by molar-refractivity contribution is 0.103. The first kappa shape index (κ1) is 17.5. The second-order valence-corrected chi connectivity index (χ2v) is 9.07. The molecule has 0 bridgehead atoms. The van der Waals surface area contributed by atoms with Gasteiger partial charge in [-0.25, -0.2) is 9.67 Å². The SMILES string of the molecule is CCn1c(C2CC2)nn(CN2CCCCC2c2nc3ccccc3s2)c1=S. The molecule has 3 aromatic rings. The molecule has 142 valence electrons. The highest BCUT2D eigenvalue weighted by Gasteiger charge is 2.31. The predicted octanol–water partition coefficient (Wildman–Crippen LogP) is 5.11. The molecule has 1 aliphatic carbocycles. The van der Waals surface area contributed by atoms with E-state index in [-0.39, 0.29) is 0 Å². The fourth-order valence-electron chi connectivity index (χ4n) is 4.14. The van der Waals surface area contributed by atoms with Gasteiger partial charge in [-0.1, -0.05) is 18.6 Å². The van der Waals surface area contributed by atoms with Gasteiger partial charge in [-0.05, 0) is 57.0 Å². The molecule has 5 rings (SSSR count). The van der Waals surface area contributed by atoms with Crippen molar-refractivity contribution < 1.29 is 0 Å². The first-order chi connectivity index (χ1) is 13.2. The van der Waals surface area contributed by atoms with Crippen molar-refractivity contribution in [2.45, 2.75) is 64.2 Å². The van der Waals surface area contributed by atoms with Gasteiger partial charge >= 0.3 is 0 Å². The Kier molecular flexibility index (Phi) is 4.61. The number of para-hydroxylation sites is 1. The lowest BCUT2D eigenvalue weighted by Crippen LogP contribution is -2.35. The number of likely N-dealkylation sites (tertiary alicyclic amines) is 1. The normalized spacial score (nSPS) is 21.1. The lowest BCUT2D eigenvalue weighted by Gasteiger charge is -2.34. The molecule has 5 nitrogen and oxygen atoms in total. The van der Waals surface area contributed by atoms with Crippen LogP contribution in [0.3, 0.4) is 0 Å². The summed E-state index contributed by atoms with van der Waals surface area (Å²) < 4.78 is 6.43. The lowest BCUT2D eigenvalue weighted by atomic mass is 10.0. The molecular weight excluding hydrogens is 374 g/mol. The molecule has 2 aromatic heterocycles. The van der Waals surface area contributed by atoms with Crippen molar-refractivity contribution in [3.63, 3.8) is 0 Å². The van der Waals surface area contributed by atoms with Crippen LogP contribution in [0.5, 0.6) is 0 Å². The van der Waals surface area contributed by atoms with E-state index < -0.39 is 0 Å². The predicted molar refractivity (Wildman–Crippen MR) is 112 cm³/mol. The second kappa shape index (κ2) is 7.11. The molecule has 0 radical (unpaired) electrons. The molecule has 0 N–H and O–H groups in total. The standard InChI is InChI=1S/C20H25N5S2/c1-2-24-18(14-10-11-14)22-25(20(24)26)13-23-12-6-5-8-16(23)19-21-15-7-3-4-9-17(15)27-19/h3-4,7,9,14,16H,2,5-6,8,10-13H2,1H3. The molecule has 2 fully saturated rings. The van der Waals surface area contributed by atoms with Gasteiger partial charge in [0.25, 0.3) is 0 Å². The van der Waals surface area contributed by atoms with Crippen LogP contribution in [0.1, 0.15) is 61.8 Å². The summed E-state index contributed by atoms with van der Waals surface area (Å²) in [5.74, 6) is 1.81. The quantitative estimate of drug-likeness (QED) is 0.559. The number of rotatable bonds is 5. The molecule has 1 saturated heterocycles. The molecule has 1 unspecified atom stereocenters. The Morgan fingerprint density at radius 2 is 2.04 bits per heavy atom. The molecule has 3 heterocycles. The van der Waals surface area contributed by atoms with Crippen molar-refractivity contribution in [1.29, 1.82) is 0 Å². The molecule has 2 aliphatic rings. The van der Waals surface area contributed by atoms with Crippen molar-refractivity contribution in [3.8, 4) is 0 Å². The van der Waals surface area contributed by atoms with Crippen LogP contribution in [0, 0.1) is 4.77 Å². The largest absolute Gasteiger partial charge is 0.304 e. The first-order valence-corrected chi connectivity index (χ1v) is 11.2. The maximum absolute atomic E-state index is 5.76. The molecular formula is C20H25N5S2. The number of nitrogens with zero attached hydrogens (tertiary/aromatic N) is 5. The van der Waals surface area contributed by atoms with Gasteiger partial charge in [-0.15, -0.1) is 11.3 Å². The molecule has 1 aromatic carbocycles. The molecule has 1 saturated carbocycles. The summed E-state index contributed by atoms with van der Waals surface area (Å²) in [4.78, 5) is 7.47. The van der Waals surface area contributed by atoms with E-state index >= 15 is 0 Å². The van der Waals surface area contributed by atoms with Crippen LogP contribution < -0.4 is 0 Å². The Labute approximate surface area is 168 Å². The smallest absolute Gasteiger partial charge is 0.199 e. The topological polar surface area (TPSA) is 38.9 Å². The fraction of sp³-hybridized carbons (Fsp3) is 0.550. The highest BCUT2D eigenvalue weighted by molar-refractivity contribution is 7.71. The van der Waals surface area contributed by atoms with Crippen LogP contribution in [0.25, 0.3) is 10.2 Å². The van der Waals surface area contributed by atoms with E-state index in [4.69, 9.17) is 22.3 Å². The van der Waals surface area contributed by atoms with Crippen molar-refractivity contribution in [2.75, 3.05) is 6.54 Å². The number of fused-ring (bicyclic) bond motifs is 1. The van der Waals surface area contributed by atoms with E-state index in [0.717, 1.165) is 36.5 Å². The molecule has 1 aliphatic heterocycles. The van der Waals surface area contributed by atoms with Gasteiger partial charge in [0.15, 0.2) is 4.77 Å². The summed E-state index contributed by atoms with van der Waals surface area (Å²) >= 11 is 7.60. The van der Waals surface area contributed by atoms with Crippen molar-refractivity contribution in [2.24, 2.45) is 0 Å². The zero-order chi connectivity index (χ0) is 18.4. The second-order valence-electron chi connectivity index (χ2n) is 7.64. The Balaban J connectivity index is 1.45. The summed E-state index contributed by atoms with van der Waals surface area (Å²) in [6.45, 7) is 4.93. The highest BCUT2D eigenvalue weighted by Crippen LogP contribution is 2.40. The summed E-state index contributed by atoms with van der Waals surface area (Å²) in [7, 11) is 0. The van der Waals surface area contributed by atoms with E-state index in [1.54, 1.807) is 0 Å². The van der Waals surface area contributed by atoms with Gasteiger partial charge in [0.1, 0.15) is 10.8 Å². The van der Waals surface area contributed by atoms with Crippen molar-refractivity contribution in [1.82, 2.24) is 24.2 Å². The number of benzene rings is 1. The number of piperidine rings is 1. The maximum atomic E-state index is 5.76. The van der Waals surface area contributed by atoms with E-state index in [0.29, 0.717) is 12.0 Å². The number of hydrogen-bond acceptors (Lipinski definition) is 5. The Morgan fingerprint density at radius 3 is 2.81 bits per heavy atom. The number of hydrogen-bond donors (Lipinski definition) is 0. The average Bonchev–Trinajstić information content (AvgIpc) is 3.37. The van der Waals surface area contributed by atoms with Gasteiger partial charge in [0, 0.05) is 19.0 Å². The summed E-state index contributed by atoms with van der Waals surface area (Å²) in [6.07, 6.45) is 6.17. The zero-order valence-corrected chi connectivity index (χ0v) is 17.3.